The van der Waals surface area contributed by atoms with Crippen LogP contribution in [0, 0.1) is 5.92 Å². The van der Waals surface area contributed by atoms with E-state index in [4.69, 9.17) is 11.6 Å². The highest BCUT2D eigenvalue weighted by Gasteiger charge is 2.31. The summed E-state index contributed by atoms with van der Waals surface area (Å²) in [6, 6.07) is 3.40. The summed E-state index contributed by atoms with van der Waals surface area (Å²) in [5, 5.41) is 6.05. The Kier molecular flexibility index (Phi) is 8.68. The molecule has 2 aliphatic rings. The zero-order valence-corrected chi connectivity index (χ0v) is 21.0. The van der Waals surface area contributed by atoms with Gasteiger partial charge >= 0.3 is 12.2 Å². The van der Waals surface area contributed by atoms with E-state index in [-0.39, 0.29) is 17.6 Å². The molecule has 1 aliphatic heterocycles. The third kappa shape index (κ3) is 7.21. The van der Waals surface area contributed by atoms with Crippen molar-refractivity contribution < 1.29 is 22.8 Å². The van der Waals surface area contributed by atoms with Crippen molar-refractivity contribution >= 4 is 34.9 Å². The lowest BCUT2D eigenvalue weighted by molar-refractivity contribution is -0.137. The summed E-state index contributed by atoms with van der Waals surface area (Å²) in [4.78, 5) is 34.5. The lowest BCUT2D eigenvalue weighted by atomic mass is 9.88. The van der Waals surface area contributed by atoms with Gasteiger partial charge in [-0.15, -0.1) is 0 Å². The van der Waals surface area contributed by atoms with Gasteiger partial charge in [-0.2, -0.15) is 13.2 Å². The largest absolute Gasteiger partial charge is 0.417 e. The Morgan fingerprint density at radius 1 is 1.11 bits per heavy atom. The van der Waals surface area contributed by atoms with Crippen LogP contribution in [-0.2, 0) is 17.4 Å². The van der Waals surface area contributed by atoms with E-state index in [9.17, 15) is 22.8 Å². The van der Waals surface area contributed by atoms with Crippen LogP contribution in [0.15, 0.2) is 36.7 Å². The molecule has 0 saturated heterocycles. The summed E-state index contributed by atoms with van der Waals surface area (Å²) < 4.78 is 38.0. The zero-order valence-electron chi connectivity index (χ0n) is 20.3. The third-order valence-corrected chi connectivity index (χ3v) is 7.00. The van der Waals surface area contributed by atoms with Gasteiger partial charge in [-0.1, -0.05) is 36.9 Å². The Bertz CT molecular complexity index is 1150. The van der Waals surface area contributed by atoms with Gasteiger partial charge in [-0.3, -0.25) is 15.1 Å². The van der Waals surface area contributed by atoms with Crippen molar-refractivity contribution in [2.24, 2.45) is 5.92 Å². The van der Waals surface area contributed by atoms with Crippen molar-refractivity contribution in [2.75, 3.05) is 25.0 Å². The Morgan fingerprint density at radius 2 is 1.89 bits per heavy atom. The van der Waals surface area contributed by atoms with Crippen LogP contribution in [-0.4, -0.2) is 46.4 Å². The number of nitrogens with one attached hydrogen (secondary N) is 2. The highest BCUT2D eigenvalue weighted by molar-refractivity contribution is 6.32. The second-order valence-electron chi connectivity index (χ2n) is 9.34. The van der Waals surface area contributed by atoms with E-state index in [2.05, 4.69) is 20.6 Å². The molecule has 3 heterocycles. The zero-order chi connectivity index (χ0) is 26.4. The number of hydrogen-bond acceptors (Lipinski definition) is 4. The lowest BCUT2D eigenvalue weighted by Crippen LogP contribution is -2.38. The fourth-order valence-corrected chi connectivity index (χ4v) is 4.89. The molecule has 0 aromatic carbocycles. The molecule has 7 nitrogen and oxygen atoms in total. The molecule has 1 aliphatic carbocycles. The summed E-state index contributed by atoms with van der Waals surface area (Å²) in [5.41, 5.74) is 1.62. The van der Waals surface area contributed by atoms with Gasteiger partial charge in [0, 0.05) is 37.9 Å². The van der Waals surface area contributed by atoms with Gasteiger partial charge in [-0.05, 0) is 55.0 Å². The monoisotopic (exact) mass is 535 g/mol. The molecule has 11 heteroatoms. The highest BCUT2D eigenvalue weighted by atomic mass is 35.5. The molecule has 0 atom stereocenters. The number of halogens is 4. The number of hydrogen-bond donors (Lipinski definition) is 2. The maximum Gasteiger partial charge on any atom is 0.417 e. The maximum atomic E-state index is 12.7. The van der Waals surface area contributed by atoms with E-state index in [0.717, 1.165) is 49.0 Å². The van der Waals surface area contributed by atoms with Gasteiger partial charge in [0.2, 0.25) is 5.91 Å². The van der Waals surface area contributed by atoms with Gasteiger partial charge in [0.05, 0.1) is 16.3 Å². The first kappa shape index (κ1) is 26.9. The minimum absolute atomic E-state index is 0.0445. The van der Waals surface area contributed by atoms with Crippen LogP contribution in [0.3, 0.4) is 0 Å². The second-order valence-corrected chi connectivity index (χ2v) is 9.74. The summed E-state index contributed by atoms with van der Waals surface area (Å²) in [5.74, 6) is 0.303. The average Bonchev–Trinajstić information content (AvgIpc) is 2.89. The van der Waals surface area contributed by atoms with Crippen molar-refractivity contribution in [3.8, 4) is 0 Å². The standard InChI is InChI=1S/C26H29ClF3N5O2/c27-21-14-17(8-11-31-24(36)19-4-2-1-3-5-19)15-33-23(21)18-9-12-35(13-10-18)25(37)34-22-7-6-20(16-32-22)26(28,29)30/h6-7,9,14-16,19H,1-5,8,10-13H2,(H,31,36)(H,32,34,37). The van der Waals surface area contributed by atoms with Crippen molar-refractivity contribution in [3.05, 3.63) is 58.5 Å². The summed E-state index contributed by atoms with van der Waals surface area (Å²) in [6.45, 7) is 1.23. The quantitative estimate of drug-likeness (QED) is 0.496. The number of carbonyl (C=O) groups excluding carboxylic acids is 2. The molecule has 2 aromatic rings. The molecule has 198 valence electrons. The minimum Gasteiger partial charge on any atom is -0.356 e. The van der Waals surface area contributed by atoms with E-state index >= 15 is 0 Å². The van der Waals surface area contributed by atoms with E-state index in [0.29, 0.717) is 49.4 Å². The topological polar surface area (TPSA) is 87.2 Å². The Labute approximate surface area is 218 Å². The van der Waals surface area contributed by atoms with Crippen molar-refractivity contribution in [1.29, 1.82) is 0 Å². The van der Waals surface area contributed by atoms with Gasteiger partial charge in [0.25, 0.3) is 0 Å². The van der Waals surface area contributed by atoms with Crippen molar-refractivity contribution in [2.45, 2.75) is 51.1 Å². The molecular formula is C26H29ClF3N5O2. The highest BCUT2D eigenvalue weighted by Crippen LogP contribution is 2.30. The molecule has 0 radical (unpaired) electrons. The predicted octanol–water partition coefficient (Wildman–Crippen LogP) is 5.71. The molecule has 1 saturated carbocycles. The molecule has 0 spiro atoms. The van der Waals surface area contributed by atoms with Crippen LogP contribution in [0.25, 0.3) is 5.57 Å². The molecule has 0 bridgehead atoms. The Hall–Kier alpha value is -3.14. The second kappa shape index (κ2) is 11.9. The molecule has 2 aromatic heterocycles. The maximum absolute atomic E-state index is 12.7. The first-order valence-electron chi connectivity index (χ1n) is 12.4. The van der Waals surface area contributed by atoms with Crippen LogP contribution in [0.5, 0.6) is 0 Å². The first-order valence-corrected chi connectivity index (χ1v) is 12.8. The Balaban J connectivity index is 1.27. The van der Waals surface area contributed by atoms with Gasteiger partial charge in [0.1, 0.15) is 5.82 Å². The van der Waals surface area contributed by atoms with Crippen LogP contribution in [0.1, 0.15) is 55.3 Å². The lowest BCUT2D eigenvalue weighted by Gasteiger charge is -2.26. The number of alkyl halides is 3. The van der Waals surface area contributed by atoms with Crippen molar-refractivity contribution in [1.82, 2.24) is 20.2 Å². The fourth-order valence-electron chi connectivity index (χ4n) is 4.58. The van der Waals surface area contributed by atoms with E-state index in [1.807, 2.05) is 12.1 Å². The molecule has 2 N–H and O–H groups in total. The molecule has 37 heavy (non-hydrogen) atoms. The number of anilines is 1. The average molecular weight is 536 g/mol. The van der Waals surface area contributed by atoms with Gasteiger partial charge < -0.3 is 10.2 Å². The molecule has 0 unspecified atom stereocenters. The third-order valence-electron chi connectivity index (χ3n) is 6.71. The van der Waals surface area contributed by atoms with E-state index < -0.39 is 17.8 Å². The van der Waals surface area contributed by atoms with Crippen LogP contribution < -0.4 is 10.6 Å². The van der Waals surface area contributed by atoms with Gasteiger partial charge in [0.15, 0.2) is 0 Å². The van der Waals surface area contributed by atoms with E-state index in [1.165, 1.54) is 11.3 Å². The number of nitrogens with zero attached hydrogens (tertiary/aromatic N) is 3. The predicted molar refractivity (Wildman–Crippen MR) is 135 cm³/mol. The fraction of sp³-hybridized carbons (Fsp3) is 0.462. The summed E-state index contributed by atoms with van der Waals surface area (Å²) in [6.07, 6.45) is 6.36. The summed E-state index contributed by atoms with van der Waals surface area (Å²) in [7, 11) is 0. The number of aromatic nitrogens is 2. The van der Waals surface area contributed by atoms with Crippen molar-refractivity contribution in [3.63, 3.8) is 0 Å². The minimum atomic E-state index is -4.48. The molecule has 3 amide bonds. The SMILES string of the molecule is O=C(NCCc1cnc(C2=CCN(C(=O)Nc3ccc(C(F)(F)F)cn3)CC2)c(Cl)c1)C1CCCCC1. The number of carbonyl (C=O) groups is 2. The van der Waals surface area contributed by atoms with Crippen LogP contribution in [0.4, 0.5) is 23.8 Å². The van der Waals surface area contributed by atoms with Crippen LogP contribution in [0.2, 0.25) is 5.02 Å². The normalized spacial score (nSPS) is 16.8. The van der Waals surface area contributed by atoms with Crippen LogP contribution >= 0.6 is 11.6 Å². The number of pyridine rings is 2. The number of urea groups is 1. The number of rotatable bonds is 6. The Morgan fingerprint density at radius 3 is 2.51 bits per heavy atom. The first-order chi connectivity index (χ1) is 17.7. The smallest absolute Gasteiger partial charge is 0.356 e. The van der Waals surface area contributed by atoms with Gasteiger partial charge in [-0.25, -0.2) is 9.78 Å². The molecule has 1 fully saturated rings. The summed E-state index contributed by atoms with van der Waals surface area (Å²) >= 11 is 6.51. The molecule has 4 rings (SSSR count). The van der Waals surface area contributed by atoms with E-state index in [1.54, 1.807) is 6.20 Å². The number of amides is 3. The molecular weight excluding hydrogens is 507 g/mol.